The molecule has 0 unspecified atom stereocenters. The highest BCUT2D eigenvalue weighted by Crippen LogP contribution is 2.44. The van der Waals surface area contributed by atoms with Crippen molar-refractivity contribution in [3.8, 4) is 11.1 Å². The van der Waals surface area contributed by atoms with Crippen LogP contribution in [-0.4, -0.2) is 149 Å². The molecule has 2 aromatic rings. The van der Waals surface area contributed by atoms with Crippen LogP contribution in [0, 0.1) is 11.8 Å². The number of amides is 6. The van der Waals surface area contributed by atoms with Crippen LogP contribution >= 0.6 is 0 Å². The fraction of sp³-hybridized carbons (Fsp3) is 0.604. The average Bonchev–Trinajstić information content (AvgIpc) is 3.61. The van der Waals surface area contributed by atoms with Gasteiger partial charge in [0, 0.05) is 53.2 Å². The minimum atomic E-state index is -1.30. The first kappa shape index (κ1) is 48.6. The van der Waals surface area contributed by atoms with E-state index >= 15 is 0 Å². The summed E-state index contributed by atoms with van der Waals surface area (Å²) in [5, 5.41) is 12.6. The van der Waals surface area contributed by atoms with Crippen molar-refractivity contribution < 1.29 is 43.4 Å². The van der Waals surface area contributed by atoms with E-state index in [0.717, 1.165) is 65.7 Å². The summed E-state index contributed by atoms with van der Waals surface area (Å²) < 4.78 is 5.83. The van der Waals surface area contributed by atoms with Crippen LogP contribution < -0.4 is 5.32 Å². The molecule has 6 amide bonds. The summed E-state index contributed by atoms with van der Waals surface area (Å²) in [5.41, 5.74) is 4.28. The quantitative estimate of drug-likeness (QED) is 0.200. The maximum Gasteiger partial charge on any atom is 0.407 e. The van der Waals surface area contributed by atoms with E-state index in [-0.39, 0.29) is 30.8 Å². The first-order chi connectivity index (χ1) is 30.0. The molecule has 2 heterocycles. The molecule has 0 bridgehead atoms. The first-order valence-corrected chi connectivity index (χ1v) is 22.7. The van der Waals surface area contributed by atoms with Gasteiger partial charge in [0.2, 0.25) is 29.5 Å². The molecule has 1 aliphatic carbocycles. The van der Waals surface area contributed by atoms with Crippen LogP contribution in [0.5, 0.6) is 0 Å². The lowest BCUT2D eigenvalue weighted by Crippen LogP contribution is -2.60. The minimum absolute atomic E-state index is 0.0557. The summed E-state index contributed by atoms with van der Waals surface area (Å²) in [4.78, 5) is 104. The van der Waals surface area contributed by atoms with Crippen molar-refractivity contribution in [3.05, 3.63) is 59.7 Å². The van der Waals surface area contributed by atoms with Gasteiger partial charge in [-0.1, -0.05) is 82.6 Å². The molecule has 15 nitrogen and oxygen atoms in total. The summed E-state index contributed by atoms with van der Waals surface area (Å²) in [6, 6.07) is 11.3. The Kier molecular flexibility index (Phi) is 17.1. The molecule has 2 saturated heterocycles. The molecule has 344 valence electrons. The van der Waals surface area contributed by atoms with E-state index in [1.54, 1.807) is 9.80 Å². The number of benzene rings is 2. The number of rotatable bonds is 18. The molecule has 0 spiro atoms. The van der Waals surface area contributed by atoms with Gasteiger partial charge in [0.05, 0.1) is 12.8 Å². The largest absolute Gasteiger partial charge is 0.481 e. The molecule has 2 N–H and O–H groups in total. The third-order valence-corrected chi connectivity index (χ3v) is 13.2. The Balaban J connectivity index is 1.35. The zero-order valence-electron chi connectivity index (χ0n) is 38.2. The highest BCUT2D eigenvalue weighted by molar-refractivity contribution is 5.97. The predicted molar refractivity (Wildman–Crippen MR) is 238 cm³/mol. The average molecular weight is 873 g/mol. The van der Waals surface area contributed by atoms with Gasteiger partial charge in [-0.05, 0) is 79.0 Å². The Morgan fingerprint density at radius 2 is 1.16 bits per heavy atom. The molecule has 2 aromatic carbocycles. The van der Waals surface area contributed by atoms with Crippen LogP contribution in [0.15, 0.2) is 48.5 Å². The van der Waals surface area contributed by atoms with Crippen molar-refractivity contribution >= 4 is 41.6 Å². The summed E-state index contributed by atoms with van der Waals surface area (Å²) in [5.74, 6) is -4.48. The fourth-order valence-electron chi connectivity index (χ4n) is 9.16. The summed E-state index contributed by atoms with van der Waals surface area (Å²) in [6.45, 7) is 9.45. The number of hydrogen-bond donors (Lipinski definition) is 2. The molecule has 2 aliphatic heterocycles. The van der Waals surface area contributed by atoms with Crippen LogP contribution in [0.3, 0.4) is 0 Å². The van der Waals surface area contributed by atoms with Crippen LogP contribution in [0.4, 0.5) is 4.79 Å². The number of aliphatic carboxylic acids is 1. The number of carbonyl (C=O) groups is 7. The Labute approximate surface area is 372 Å². The summed E-state index contributed by atoms with van der Waals surface area (Å²) in [6.07, 6.45) is 3.84. The lowest BCUT2D eigenvalue weighted by atomic mass is 9.95. The number of nitrogens with zero attached hydrogens (tertiary/aromatic N) is 5. The van der Waals surface area contributed by atoms with Gasteiger partial charge in [-0.15, -0.1) is 0 Å². The van der Waals surface area contributed by atoms with E-state index in [2.05, 4.69) is 5.32 Å². The van der Waals surface area contributed by atoms with E-state index in [0.29, 0.717) is 32.6 Å². The van der Waals surface area contributed by atoms with Gasteiger partial charge in [0.15, 0.2) is 0 Å². The number of fused-ring (bicyclic) bond motifs is 3. The van der Waals surface area contributed by atoms with Crippen LogP contribution in [0.2, 0.25) is 0 Å². The van der Waals surface area contributed by atoms with E-state index in [1.807, 2.05) is 76.2 Å². The number of nitrogens with one attached hydrogen (secondary N) is 1. The van der Waals surface area contributed by atoms with Crippen molar-refractivity contribution in [1.82, 2.24) is 29.8 Å². The van der Waals surface area contributed by atoms with Crippen molar-refractivity contribution in [2.45, 2.75) is 122 Å². The fourth-order valence-corrected chi connectivity index (χ4v) is 9.16. The molecule has 0 aromatic heterocycles. The highest BCUT2D eigenvalue weighted by Gasteiger charge is 2.42. The van der Waals surface area contributed by atoms with Crippen molar-refractivity contribution in [2.75, 3.05) is 53.9 Å². The molecular formula is C48H68N6O9. The Bertz CT molecular complexity index is 1920. The molecule has 5 rings (SSSR count). The smallest absolute Gasteiger partial charge is 0.407 e. The number of carboxylic acids is 1. The lowest BCUT2D eigenvalue weighted by Gasteiger charge is -2.39. The maximum atomic E-state index is 14.8. The molecule has 3 aliphatic rings. The van der Waals surface area contributed by atoms with Gasteiger partial charge in [0.1, 0.15) is 30.8 Å². The Hall–Kier alpha value is -5.47. The van der Waals surface area contributed by atoms with E-state index in [9.17, 15) is 38.7 Å². The number of carbonyl (C=O) groups excluding carboxylic acids is 6. The number of likely N-dealkylation sites (tertiary alicyclic amines) is 2. The maximum absolute atomic E-state index is 14.8. The van der Waals surface area contributed by atoms with Gasteiger partial charge in [-0.3, -0.25) is 28.8 Å². The van der Waals surface area contributed by atoms with Gasteiger partial charge in [-0.25, -0.2) is 4.79 Å². The van der Waals surface area contributed by atoms with Crippen molar-refractivity contribution in [2.24, 2.45) is 11.8 Å². The Morgan fingerprint density at radius 3 is 1.63 bits per heavy atom. The monoisotopic (exact) mass is 873 g/mol. The van der Waals surface area contributed by atoms with Gasteiger partial charge in [0.25, 0.3) is 0 Å². The molecule has 5 atom stereocenters. The van der Waals surface area contributed by atoms with Gasteiger partial charge < -0.3 is 39.7 Å². The lowest BCUT2D eigenvalue weighted by molar-refractivity contribution is -0.155. The van der Waals surface area contributed by atoms with Crippen molar-refractivity contribution in [3.63, 3.8) is 0 Å². The van der Waals surface area contributed by atoms with Gasteiger partial charge >= 0.3 is 12.1 Å². The highest BCUT2D eigenvalue weighted by atomic mass is 16.5. The third-order valence-electron chi connectivity index (χ3n) is 13.2. The second kappa shape index (κ2) is 22.2. The normalized spacial score (nSPS) is 17.3. The third kappa shape index (κ3) is 11.8. The summed E-state index contributed by atoms with van der Waals surface area (Å²) >= 11 is 0. The minimum Gasteiger partial charge on any atom is -0.481 e. The number of likely N-dealkylation sites (N-methyl/N-ethyl adjacent to an activating group) is 3. The van der Waals surface area contributed by atoms with Crippen LogP contribution in [0.25, 0.3) is 11.1 Å². The number of alkyl carbamates (subject to hydrolysis) is 1. The molecular weight excluding hydrogens is 805 g/mol. The standard InChI is InChI=1S/C48H68N6O9/c1-8-32(4)43(49-48(62)63-30-37-35-21-13-11-19-33(35)34-20-12-14-22-36(34)37)47(61)52(7)38(27-31(2)3)44(58)51(6)39(45(59)53-23-15-9-16-24-53)28-41(55)50(5)40(29-42(56)57)46(60)54-25-17-10-18-26-54/h11-14,19-22,31-32,37-40,43H,8-10,15-18,23-30H2,1-7H3,(H,49,62)(H,56,57)/t32-,38-,39-,40-,43-/m0/s1. The van der Waals surface area contributed by atoms with Crippen LogP contribution in [-0.2, 0) is 33.5 Å². The van der Waals surface area contributed by atoms with Gasteiger partial charge in [-0.2, -0.15) is 0 Å². The molecule has 15 heteroatoms. The van der Waals surface area contributed by atoms with Crippen molar-refractivity contribution in [1.29, 1.82) is 0 Å². The molecule has 0 radical (unpaired) electrons. The van der Waals surface area contributed by atoms with Crippen LogP contribution in [0.1, 0.15) is 109 Å². The molecule has 0 saturated carbocycles. The molecule has 2 fully saturated rings. The van der Waals surface area contributed by atoms with E-state index < -0.39 is 78.6 Å². The number of carboxylic acid groups (broad SMARTS) is 1. The topological polar surface area (TPSA) is 177 Å². The van der Waals surface area contributed by atoms with E-state index in [4.69, 9.17) is 4.74 Å². The SMILES string of the molecule is CC[C@H](C)[C@H](NC(=O)OCC1c2ccccc2-c2ccccc21)C(=O)N(C)[C@@H](CC(C)C)C(=O)N(C)[C@@H](CC(=O)N(C)[C@@H](CC(=O)O)C(=O)N1CCCCC1)C(=O)N1CCCCC1. The first-order valence-electron chi connectivity index (χ1n) is 22.7. The number of hydrogen-bond acceptors (Lipinski definition) is 8. The zero-order valence-corrected chi connectivity index (χ0v) is 38.2. The Morgan fingerprint density at radius 1 is 0.683 bits per heavy atom. The second-order valence-electron chi connectivity index (χ2n) is 18.0. The number of piperidine rings is 2. The number of ether oxygens (including phenoxy) is 1. The zero-order chi connectivity index (χ0) is 46.0. The molecule has 63 heavy (non-hydrogen) atoms. The predicted octanol–water partition coefficient (Wildman–Crippen LogP) is 5.36. The van der Waals surface area contributed by atoms with E-state index in [1.165, 1.54) is 30.9 Å². The second-order valence-corrected chi connectivity index (χ2v) is 18.0. The summed E-state index contributed by atoms with van der Waals surface area (Å²) in [7, 11) is 4.33.